The van der Waals surface area contributed by atoms with Crippen molar-refractivity contribution in [1.82, 2.24) is 0 Å². The summed E-state index contributed by atoms with van der Waals surface area (Å²) in [5.41, 5.74) is 7.73. The highest BCUT2D eigenvalue weighted by Gasteiger charge is 2.30. The van der Waals surface area contributed by atoms with E-state index in [9.17, 15) is 9.59 Å². The van der Waals surface area contributed by atoms with Crippen molar-refractivity contribution in [2.45, 2.75) is 19.8 Å². The predicted molar refractivity (Wildman–Crippen MR) is 68.8 cm³/mol. The van der Waals surface area contributed by atoms with E-state index in [4.69, 9.17) is 5.73 Å². The molecule has 2 amide bonds. The van der Waals surface area contributed by atoms with Gasteiger partial charge in [0, 0.05) is 18.4 Å². The smallest absolute Gasteiger partial charge is 0.234 e. The van der Waals surface area contributed by atoms with Crippen molar-refractivity contribution >= 4 is 17.5 Å². The van der Waals surface area contributed by atoms with Crippen molar-refractivity contribution < 1.29 is 9.59 Å². The van der Waals surface area contributed by atoms with E-state index in [0.29, 0.717) is 5.69 Å². The molecule has 0 aromatic heterocycles. The molecule has 1 aliphatic rings. The zero-order valence-corrected chi connectivity index (χ0v) is 10.2. The van der Waals surface area contributed by atoms with Crippen molar-refractivity contribution in [3.8, 4) is 11.8 Å². The maximum atomic E-state index is 11.6. The molecule has 1 aromatic rings. The second kappa shape index (κ2) is 5.03. The minimum absolute atomic E-state index is 0.151. The molecular formula is C14H14N2O2. The van der Waals surface area contributed by atoms with Gasteiger partial charge in [-0.25, -0.2) is 0 Å². The van der Waals surface area contributed by atoms with E-state index in [0.717, 1.165) is 11.1 Å². The van der Waals surface area contributed by atoms with Crippen LogP contribution in [0.2, 0.25) is 0 Å². The standard InChI is InChI=1S/C14H14N2O2/c1-10-4-5-12(9-11(10)3-2-8-15)16-13(17)6-7-14(16)18/h4-5,9H,6-8,15H2,1H3. The van der Waals surface area contributed by atoms with Gasteiger partial charge >= 0.3 is 0 Å². The van der Waals surface area contributed by atoms with E-state index in [1.54, 1.807) is 12.1 Å². The Balaban J connectivity index is 2.40. The molecule has 18 heavy (non-hydrogen) atoms. The number of rotatable bonds is 1. The lowest BCUT2D eigenvalue weighted by atomic mass is 10.1. The zero-order valence-electron chi connectivity index (χ0n) is 10.2. The number of nitrogens with zero attached hydrogens (tertiary/aromatic N) is 1. The summed E-state index contributed by atoms with van der Waals surface area (Å²) in [5, 5.41) is 0. The van der Waals surface area contributed by atoms with E-state index in [1.807, 2.05) is 13.0 Å². The highest BCUT2D eigenvalue weighted by atomic mass is 16.2. The Morgan fingerprint density at radius 2 is 1.94 bits per heavy atom. The first-order valence-corrected chi connectivity index (χ1v) is 5.79. The zero-order chi connectivity index (χ0) is 13.1. The largest absolute Gasteiger partial charge is 0.320 e. The van der Waals surface area contributed by atoms with Crippen LogP contribution in [0.15, 0.2) is 18.2 Å². The summed E-state index contributed by atoms with van der Waals surface area (Å²) >= 11 is 0. The number of imide groups is 1. The Bertz CT molecular complexity index is 551. The molecule has 0 bridgehead atoms. The summed E-state index contributed by atoms with van der Waals surface area (Å²) < 4.78 is 0. The number of anilines is 1. The number of carbonyl (C=O) groups is 2. The van der Waals surface area contributed by atoms with Gasteiger partial charge in [0.15, 0.2) is 0 Å². The molecule has 4 nitrogen and oxygen atoms in total. The van der Waals surface area contributed by atoms with Crippen LogP contribution in [0.3, 0.4) is 0 Å². The fraction of sp³-hybridized carbons (Fsp3) is 0.286. The summed E-state index contributed by atoms with van der Waals surface area (Å²) in [6, 6.07) is 5.39. The Kier molecular flexibility index (Phi) is 3.45. The monoisotopic (exact) mass is 242 g/mol. The van der Waals surface area contributed by atoms with Crippen LogP contribution in [0.1, 0.15) is 24.0 Å². The third-order valence-electron chi connectivity index (χ3n) is 2.86. The lowest BCUT2D eigenvalue weighted by Gasteiger charge is -2.14. The second-order valence-electron chi connectivity index (χ2n) is 4.13. The fourth-order valence-electron chi connectivity index (χ4n) is 1.89. The second-order valence-corrected chi connectivity index (χ2v) is 4.13. The Morgan fingerprint density at radius 1 is 1.28 bits per heavy atom. The summed E-state index contributed by atoms with van der Waals surface area (Å²) in [7, 11) is 0. The van der Waals surface area contributed by atoms with Crippen molar-refractivity contribution in [3.05, 3.63) is 29.3 Å². The molecule has 0 atom stereocenters. The van der Waals surface area contributed by atoms with Crippen LogP contribution in [0.5, 0.6) is 0 Å². The van der Waals surface area contributed by atoms with Gasteiger partial charge in [-0.3, -0.25) is 14.5 Å². The first-order valence-electron chi connectivity index (χ1n) is 5.79. The lowest BCUT2D eigenvalue weighted by Crippen LogP contribution is -2.28. The molecule has 1 heterocycles. The van der Waals surface area contributed by atoms with E-state index in [1.165, 1.54) is 4.90 Å². The molecule has 1 fully saturated rings. The molecule has 0 radical (unpaired) electrons. The Labute approximate surface area is 106 Å². The topological polar surface area (TPSA) is 63.4 Å². The predicted octanol–water partition coefficient (Wildman–Crippen LogP) is 0.959. The Morgan fingerprint density at radius 3 is 2.56 bits per heavy atom. The Hall–Kier alpha value is -2.12. The lowest BCUT2D eigenvalue weighted by molar-refractivity contribution is -0.121. The molecular weight excluding hydrogens is 228 g/mol. The number of nitrogens with two attached hydrogens (primary N) is 1. The number of hydrogen-bond donors (Lipinski definition) is 1. The summed E-state index contributed by atoms with van der Waals surface area (Å²) in [5.74, 6) is 5.41. The van der Waals surface area contributed by atoms with Gasteiger partial charge < -0.3 is 5.73 Å². The van der Waals surface area contributed by atoms with E-state index >= 15 is 0 Å². The van der Waals surface area contributed by atoms with Crippen LogP contribution < -0.4 is 10.6 Å². The van der Waals surface area contributed by atoms with Gasteiger partial charge in [-0.2, -0.15) is 0 Å². The van der Waals surface area contributed by atoms with Crippen LogP contribution in [0.4, 0.5) is 5.69 Å². The van der Waals surface area contributed by atoms with E-state index in [-0.39, 0.29) is 31.2 Å². The number of carbonyl (C=O) groups excluding carboxylic acids is 2. The maximum Gasteiger partial charge on any atom is 0.234 e. The van der Waals surface area contributed by atoms with Crippen LogP contribution in [0.25, 0.3) is 0 Å². The molecule has 1 saturated heterocycles. The van der Waals surface area contributed by atoms with Gasteiger partial charge in [0.1, 0.15) is 0 Å². The minimum Gasteiger partial charge on any atom is -0.320 e. The minimum atomic E-state index is -0.151. The van der Waals surface area contributed by atoms with Gasteiger partial charge in [0.2, 0.25) is 11.8 Å². The number of hydrogen-bond acceptors (Lipinski definition) is 3. The molecule has 2 rings (SSSR count). The first kappa shape index (κ1) is 12.3. The average molecular weight is 242 g/mol. The van der Waals surface area contributed by atoms with Crippen LogP contribution in [-0.4, -0.2) is 18.4 Å². The first-order chi connectivity index (χ1) is 8.63. The molecule has 0 spiro atoms. The maximum absolute atomic E-state index is 11.6. The van der Waals surface area contributed by atoms with Gasteiger partial charge in [0.25, 0.3) is 0 Å². The van der Waals surface area contributed by atoms with E-state index in [2.05, 4.69) is 11.8 Å². The number of amides is 2. The summed E-state index contributed by atoms with van der Waals surface area (Å²) in [4.78, 5) is 24.5. The average Bonchev–Trinajstić information content (AvgIpc) is 2.68. The third-order valence-corrected chi connectivity index (χ3v) is 2.86. The summed E-state index contributed by atoms with van der Waals surface area (Å²) in [6.45, 7) is 2.21. The van der Waals surface area contributed by atoms with E-state index < -0.39 is 0 Å². The highest BCUT2D eigenvalue weighted by Crippen LogP contribution is 2.24. The number of benzene rings is 1. The van der Waals surface area contributed by atoms with Crippen molar-refractivity contribution in [3.63, 3.8) is 0 Å². The van der Waals surface area contributed by atoms with Gasteiger partial charge in [-0.15, -0.1) is 0 Å². The van der Waals surface area contributed by atoms with Crippen LogP contribution >= 0.6 is 0 Å². The molecule has 4 heteroatoms. The van der Waals surface area contributed by atoms with Crippen molar-refractivity contribution in [2.75, 3.05) is 11.4 Å². The highest BCUT2D eigenvalue weighted by molar-refractivity contribution is 6.19. The normalized spacial score (nSPS) is 14.7. The SMILES string of the molecule is Cc1ccc(N2C(=O)CCC2=O)cc1C#CCN. The fourth-order valence-corrected chi connectivity index (χ4v) is 1.89. The van der Waals surface area contributed by atoms with Gasteiger partial charge in [-0.1, -0.05) is 17.9 Å². The molecule has 92 valence electrons. The quantitative estimate of drug-likeness (QED) is 0.589. The van der Waals surface area contributed by atoms with Crippen molar-refractivity contribution in [2.24, 2.45) is 5.73 Å². The molecule has 1 aromatic carbocycles. The number of aryl methyl sites for hydroxylation is 1. The van der Waals surface area contributed by atoms with Crippen molar-refractivity contribution in [1.29, 1.82) is 0 Å². The molecule has 2 N–H and O–H groups in total. The summed E-state index contributed by atoms with van der Waals surface area (Å²) in [6.07, 6.45) is 0.576. The molecule has 1 aliphatic heterocycles. The third kappa shape index (κ3) is 2.27. The molecule has 0 saturated carbocycles. The molecule has 0 unspecified atom stereocenters. The van der Waals surface area contributed by atoms with Crippen LogP contribution in [-0.2, 0) is 9.59 Å². The van der Waals surface area contributed by atoms with Gasteiger partial charge in [0.05, 0.1) is 12.2 Å². The molecule has 0 aliphatic carbocycles. The van der Waals surface area contributed by atoms with Crippen LogP contribution in [0, 0.1) is 18.8 Å². The van der Waals surface area contributed by atoms with Gasteiger partial charge in [-0.05, 0) is 24.6 Å².